The Kier molecular flexibility index (Phi) is 5.17. The van der Waals surface area contributed by atoms with Gasteiger partial charge in [0.15, 0.2) is 5.82 Å². The predicted octanol–water partition coefficient (Wildman–Crippen LogP) is 1.73. The molecule has 2 fully saturated rings. The molecule has 9 nitrogen and oxygen atoms in total. The number of likely N-dealkylation sites (tertiary alicyclic amines) is 1. The molecule has 2 saturated heterocycles. The van der Waals surface area contributed by atoms with Gasteiger partial charge in [0.1, 0.15) is 0 Å². The van der Waals surface area contributed by atoms with Crippen molar-refractivity contribution in [3.05, 3.63) is 30.2 Å². The van der Waals surface area contributed by atoms with Crippen molar-refractivity contribution >= 4 is 12.0 Å². The third-order valence-electron chi connectivity index (χ3n) is 5.19. The number of aromatic nitrogens is 4. The molecule has 2 aromatic heterocycles. The number of hydrogen-bond acceptors (Lipinski definition) is 7. The van der Waals surface area contributed by atoms with Crippen molar-refractivity contribution in [3.63, 3.8) is 0 Å². The minimum atomic E-state index is -0.0169. The van der Waals surface area contributed by atoms with Crippen LogP contribution >= 0.6 is 0 Å². The molecule has 0 radical (unpaired) electrons. The summed E-state index contributed by atoms with van der Waals surface area (Å²) >= 11 is 0. The second-order valence-electron chi connectivity index (χ2n) is 7.25. The zero-order valence-electron chi connectivity index (χ0n) is 15.5. The van der Waals surface area contributed by atoms with Gasteiger partial charge in [-0.15, -0.1) is 0 Å². The third-order valence-corrected chi connectivity index (χ3v) is 5.19. The first-order chi connectivity index (χ1) is 13.2. The molecular weight excluding hydrogens is 346 g/mol. The first kappa shape index (κ1) is 17.7. The fourth-order valence-corrected chi connectivity index (χ4v) is 3.84. The predicted molar refractivity (Wildman–Crippen MR) is 98.4 cm³/mol. The summed E-state index contributed by atoms with van der Waals surface area (Å²) in [5.74, 6) is 2.11. The van der Waals surface area contributed by atoms with E-state index in [0.717, 1.165) is 51.3 Å². The summed E-state index contributed by atoms with van der Waals surface area (Å²) in [6.45, 7) is 4.83. The molecule has 9 heteroatoms. The number of rotatable bonds is 3. The molecule has 27 heavy (non-hydrogen) atoms. The van der Waals surface area contributed by atoms with Gasteiger partial charge in [-0.1, -0.05) is 5.16 Å². The van der Waals surface area contributed by atoms with E-state index in [4.69, 9.17) is 4.52 Å². The lowest BCUT2D eigenvalue weighted by molar-refractivity contribution is 0.167. The normalized spacial score (nSPS) is 23.3. The summed E-state index contributed by atoms with van der Waals surface area (Å²) in [5, 5.41) is 7.06. The number of nitrogens with one attached hydrogen (secondary N) is 1. The Bertz CT molecular complexity index is 766. The van der Waals surface area contributed by atoms with Gasteiger partial charge in [-0.25, -0.2) is 14.8 Å². The van der Waals surface area contributed by atoms with Gasteiger partial charge in [0, 0.05) is 44.6 Å². The van der Waals surface area contributed by atoms with Crippen LogP contribution in [0.4, 0.5) is 10.7 Å². The average Bonchev–Trinajstić information content (AvgIpc) is 3.15. The van der Waals surface area contributed by atoms with Crippen LogP contribution in [0.15, 0.2) is 23.0 Å². The van der Waals surface area contributed by atoms with Crippen molar-refractivity contribution in [2.24, 2.45) is 0 Å². The summed E-state index contributed by atoms with van der Waals surface area (Å²) in [5.41, 5.74) is 0. The molecule has 2 amide bonds. The van der Waals surface area contributed by atoms with E-state index in [0.29, 0.717) is 18.3 Å². The van der Waals surface area contributed by atoms with Gasteiger partial charge in [0.2, 0.25) is 11.8 Å². The summed E-state index contributed by atoms with van der Waals surface area (Å²) in [6, 6.07) is 1.89. The lowest BCUT2D eigenvalue weighted by Gasteiger charge is -2.36. The molecule has 2 aromatic rings. The van der Waals surface area contributed by atoms with Gasteiger partial charge >= 0.3 is 6.03 Å². The number of piperidine rings is 2. The maximum Gasteiger partial charge on any atom is 0.317 e. The van der Waals surface area contributed by atoms with Crippen molar-refractivity contribution < 1.29 is 9.32 Å². The maximum absolute atomic E-state index is 12.8. The number of amides is 2. The van der Waals surface area contributed by atoms with Crippen molar-refractivity contribution in [3.8, 4) is 0 Å². The Balaban J connectivity index is 1.34. The molecule has 0 spiro atoms. The Morgan fingerprint density at radius 1 is 1.19 bits per heavy atom. The van der Waals surface area contributed by atoms with Crippen molar-refractivity contribution in [1.82, 2.24) is 30.3 Å². The van der Waals surface area contributed by atoms with Crippen LogP contribution in [-0.2, 0) is 0 Å². The molecule has 0 aliphatic carbocycles. The molecule has 2 aliphatic heterocycles. The number of carbonyl (C=O) groups excluding carboxylic acids is 1. The van der Waals surface area contributed by atoms with E-state index in [-0.39, 0.29) is 18.0 Å². The fraction of sp³-hybridized carbons (Fsp3) is 0.611. The van der Waals surface area contributed by atoms with Crippen LogP contribution in [0.1, 0.15) is 43.3 Å². The number of urea groups is 1. The molecule has 2 atom stereocenters. The van der Waals surface area contributed by atoms with E-state index in [1.165, 1.54) is 0 Å². The highest BCUT2D eigenvalue weighted by Gasteiger charge is 2.30. The number of carbonyl (C=O) groups is 1. The molecule has 4 rings (SSSR count). The van der Waals surface area contributed by atoms with Crippen molar-refractivity contribution in [2.75, 3.05) is 31.1 Å². The first-order valence-electron chi connectivity index (χ1n) is 9.56. The third kappa shape index (κ3) is 4.17. The molecule has 2 aliphatic rings. The molecule has 1 N–H and O–H groups in total. The second kappa shape index (κ2) is 7.89. The summed E-state index contributed by atoms with van der Waals surface area (Å²) in [7, 11) is 0. The summed E-state index contributed by atoms with van der Waals surface area (Å²) < 4.78 is 5.30. The smallest absolute Gasteiger partial charge is 0.317 e. The number of anilines is 1. The zero-order valence-corrected chi connectivity index (χ0v) is 15.5. The molecule has 4 heterocycles. The second-order valence-corrected chi connectivity index (χ2v) is 7.25. The maximum atomic E-state index is 12.8. The number of hydrogen-bond donors (Lipinski definition) is 1. The van der Waals surface area contributed by atoms with Gasteiger partial charge in [-0.05, 0) is 38.7 Å². The van der Waals surface area contributed by atoms with Crippen LogP contribution < -0.4 is 10.2 Å². The van der Waals surface area contributed by atoms with Crippen LogP contribution in [0.25, 0.3) is 0 Å². The Hall–Kier alpha value is -2.71. The molecule has 0 bridgehead atoms. The Labute approximate surface area is 158 Å². The molecule has 2 unspecified atom stereocenters. The van der Waals surface area contributed by atoms with Gasteiger partial charge in [0.05, 0.1) is 5.92 Å². The van der Waals surface area contributed by atoms with E-state index >= 15 is 0 Å². The quantitative estimate of drug-likeness (QED) is 0.877. The standard InChI is InChI=1S/C18H25N7O2/c1-13-21-16(27-23-13)14-5-2-10-25(11-14)18(26)22-15-6-3-9-24(12-15)17-19-7-4-8-20-17/h4,7-8,14-15H,2-3,5-6,9-12H2,1H3,(H,22,26). The molecule has 0 saturated carbocycles. The van der Waals surface area contributed by atoms with Crippen molar-refractivity contribution in [2.45, 2.75) is 44.6 Å². The van der Waals surface area contributed by atoms with Crippen LogP contribution in [0.5, 0.6) is 0 Å². The minimum Gasteiger partial charge on any atom is -0.339 e. The van der Waals surface area contributed by atoms with Gasteiger partial charge in [-0.2, -0.15) is 4.98 Å². The van der Waals surface area contributed by atoms with Crippen LogP contribution in [0.2, 0.25) is 0 Å². The van der Waals surface area contributed by atoms with E-state index in [1.807, 2.05) is 17.9 Å². The summed E-state index contributed by atoms with van der Waals surface area (Å²) in [4.78, 5) is 29.8. The molecule has 0 aromatic carbocycles. The highest BCUT2D eigenvalue weighted by Crippen LogP contribution is 2.26. The Morgan fingerprint density at radius 3 is 2.78 bits per heavy atom. The lowest BCUT2D eigenvalue weighted by Crippen LogP contribution is -2.53. The summed E-state index contributed by atoms with van der Waals surface area (Å²) in [6.07, 6.45) is 7.37. The van der Waals surface area contributed by atoms with E-state index in [1.54, 1.807) is 12.4 Å². The van der Waals surface area contributed by atoms with Crippen LogP contribution in [0, 0.1) is 6.92 Å². The van der Waals surface area contributed by atoms with Crippen LogP contribution in [0.3, 0.4) is 0 Å². The largest absolute Gasteiger partial charge is 0.339 e. The zero-order chi connectivity index (χ0) is 18.6. The average molecular weight is 371 g/mol. The van der Waals surface area contributed by atoms with E-state index in [2.05, 4.69) is 30.3 Å². The van der Waals surface area contributed by atoms with Crippen LogP contribution in [-0.4, -0.2) is 63.3 Å². The Morgan fingerprint density at radius 2 is 2.00 bits per heavy atom. The van der Waals surface area contributed by atoms with Gasteiger partial charge in [0.25, 0.3) is 0 Å². The van der Waals surface area contributed by atoms with Crippen molar-refractivity contribution in [1.29, 1.82) is 0 Å². The topological polar surface area (TPSA) is 100 Å². The van der Waals surface area contributed by atoms with Gasteiger partial charge < -0.3 is 19.6 Å². The first-order valence-corrected chi connectivity index (χ1v) is 9.56. The highest BCUT2D eigenvalue weighted by molar-refractivity contribution is 5.74. The highest BCUT2D eigenvalue weighted by atomic mass is 16.5. The van der Waals surface area contributed by atoms with Gasteiger partial charge in [-0.3, -0.25) is 0 Å². The van der Waals surface area contributed by atoms with E-state index < -0.39 is 0 Å². The molecular formula is C18H25N7O2. The molecule has 144 valence electrons. The number of nitrogens with zero attached hydrogens (tertiary/aromatic N) is 6. The fourth-order valence-electron chi connectivity index (χ4n) is 3.84. The lowest BCUT2D eigenvalue weighted by atomic mass is 9.98. The SMILES string of the molecule is Cc1noc(C2CCCN(C(=O)NC3CCCN(c4ncccn4)C3)C2)n1. The monoisotopic (exact) mass is 371 g/mol. The minimum absolute atomic E-state index is 0.0169. The number of aryl methyl sites for hydroxylation is 1. The van der Waals surface area contributed by atoms with E-state index in [9.17, 15) is 4.79 Å².